The quantitative estimate of drug-likeness (QED) is 0.448. The van der Waals surface area contributed by atoms with E-state index < -0.39 is 0 Å². The summed E-state index contributed by atoms with van der Waals surface area (Å²) in [5.41, 5.74) is 2.71. The molecule has 0 aromatic carbocycles. The lowest BCUT2D eigenvalue weighted by Gasteiger charge is -2.20. The van der Waals surface area contributed by atoms with E-state index in [-0.39, 0.29) is 28.6 Å². The van der Waals surface area contributed by atoms with Gasteiger partial charge in [-0.2, -0.15) is 0 Å². The number of carbonyl (C=O) groups excluding carboxylic acids is 1. The van der Waals surface area contributed by atoms with Crippen LogP contribution in [0.3, 0.4) is 0 Å². The molecule has 0 saturated heterocycles. The van der Waals surface area contributed by atoms with Crippen LogP contribution >= 0.6 is 0 Å². The first-order chi connectivity index (χ1) is 12.1. The van der Waals surface area contributed by atoms with Gasteiger partial charge in [-0.1, -0.05) is 38.5 Å². The fourth-order valence-corrected chi connectivity index (χ4v) is 4.36. The van der Waals surface area contributed by atoms with Crippen molar-refractivity contribution in [1.29, 1.82) is 0 Å². The summed E-state index contributed by atoms with van der Waals surface area (Å²) in [6, 6.07) is 0. The van der Waals surface area contributed by atoms with Crippen molar-refractivity contribution in [2.45, 2.75) is 83.2 Å². The fourth-order valence-electron chi connectivity index (χ4n) is 4.36. The molecule has 1 fully saturated rings. The van der Waals surface area contributed by atoms with Gasteiger partial charge in [-0.25, -0.2) is 4.98 Å². The Morgan fingerprint density at radius 3 is 2.40 bits per heavy atom. The molecule has 0 N–H and O–H groups in total. The molecule has 0 amide bonds. The number of aromatic nitrogens is 1. The van der Waals surface area contributed by atoms with Crippen LogP contribution in [0.1, 0.15) is 93.6 Å². The first-order valence-electron chi connectivity index (χ1n) is 9.41. The molecule has 0 bridgehead atoms. The number of rotatable bonds is 3. The summed E-state index contributed by atoms with van der Waals surface area (Å²) in [6.07, 6.45) is 11.5. The molecule has 136 valence electrons. The van der Waals surface area contributed by atoms with E-state index in [0.717, 1.165) is 42.5 Å². The Morgan fingerprint density at radius 2 is 1.80 bits per heavy atom. The van der Waals surface area contributed by atoms with Gasteiger partial charge >= 0.3 is 5.97 Å². The van der Waals surface area contributed by atoms with Crippen LogP contribution < -0.4 is 0 Å². The minimum absolute atomic E-state index is 0.145. The fraction of sp³-hybridized carbons (Fsp3) is 0.684. The average molecular weight is 346 g/mol. The highest BCUT2D eigenvalue weighted by molar-refractivity contribution is 5.66. The SMILES string of the molecule is CC(=O)OC1CCc2c1ncc([N+](=O)[O-])c2C1CCCCCCCC1. The molecule has 2 aliphatic carbocycles. The van der Waals surface area contributed by atoms with Crippen molar-refractivity contribution in [3.63, 3.8) is 0 Å². The molecule has 1 saturated carbocycles. The van der Waals surface area contributed by atoms with E-state index in [1.807, 2.05) is 0 Å². The molecular formula is C19H26N2O4. The Hall–Kier alpha value is -1.98. The van der Waals surface area contributed by atoms with Crippen LogP contribution in [0.5, 0.6) is 0 Å². The number of hydrogen-bond donors (Lipinski definition) is 0. The number of pyridine rings is 1. The molecule has 1 atom stereocenters. The summed E-state index contributed by atoms with van der Waals surface area (Å²) < 4.78 is 5.37. The molecule has 1 heterocycles. The number of nitro groups is 1. The van der Waals surface area contributed by atoms with Crippen LogP contribution in [0, 0.1) is 10.1 Å². The Bertz CT molecular complexity index is 649. The van der Waals surface area contributed by atoms with Crippen molar-refractivity contribution in [2.75, 3.05) is 0 Å². The van der Waals surface area contributed by atoms with Gasteiger partial charge in [0.15, 0.2) is 0 Å². The number of hydrogen-bond acceptors (Lipinski definition) is 5. The zero-order chi connectivity index (χ0) is 17.8. The van der Waals surface area contributed by atoms with E-state index in [4.69, 9.17) is 4.74 Å². The zero-order valence-corrected chi connectivity index (χ0v) is 14.8. The maximum atomic E-state index is 11.6. The predicted molar refractivity (Wildman–Crippen MR) is 93.4 cm³/mol. The van der Waals surface area contributed by atoms with Crippen LogP contribution in [0.15, 0.2) is 6.20 Å². The molecule has 3 rings (SSSR count). The Balaban J connectivity index is 1.99. The van der Waals surface area contributed by atoms with Gasteiger partial charge in [0.2, 0.25) is 0 Å². The Labute approximate surface area is 148 Å². The van der Waals surface area contributed by atoms with Crippen LogP contribution in [0.25, 0.3) is 0 Å². The van der Waals surface area contributed by atoms with Crippen molar-refractivity contribution in [1.82, 2.24) is 4.98 Å². The third-order valence-electron chi connectivity index (χ3n) is 5.47. The standard InChI is InChI=1S/C19H26N2O4/c1-13(22)25-17-11-10-15-18(16(21(23)24)12-20-19(15)17)14-8-6-4-2-3-5-7-9-14/h12,14,17H,2-11H2,1H3. The van der Waals surface area contributed by atoms with Crippen LogP contribution in [-0.4, -0.2) is 15.9 Å². The lowest BCUT2D eigenvalue weighted by atomic mass is 9.85. The van der Waals surface area contributed by atoms with E-state index in [1.165, 1.54) is 38.8 Å². The summed E-state index contributed by atoms with van der Waals surface area (Å²) in [7, 11) is 0. The largest absolute Gasteiger partial charge is 0.456 e. The third-order valence-corrected chi connectivity index (χ3v) is 5.47. The second kappa shape index (κ2) is 7.93. The zero-order valence-electron chi connectivity index (χ0n) is 14.8. The third kappa shape index (κ3) is 3.99. The van der Waals surface area contributed by atoms with Crippen LogP contribution in [0.2, 0.25) is 0 Å². The number of fused-ring (bicyclic) bond motifs is 1. The van der Waals surface area contributed by atoms with E-state index in [9.17, 15) is 14.9 Å². The van der Waals surface area contributed by atoms with Gasteiger partial charge in [0, 0.05) is 12.5 Å². The lowest BCUT2D eigenvalue weighted by molar-refractivity contribution is -0.386. The maximum Gasteiger partial charge on any atom is 0.303 e. The summed E-state index contributed by atoms with van der Waals surface area (Å²) >= 11 is 0. The monoisotopic (exact) mass is 346 g/mol. The summed E-state index contributed by atoms with van der Waals surface area (Å²) in [4.78, 5) is 27.0. The van der Waals surface area contributed by atoms with Crippen molar-refractivity contribution in [3.8, 4) is 0 Å². The van der Waals surface area contributed by atoms with E-state index in [2.05, 4.69) is 4.98 Å². The second-order valence-corrected chi connectivity index (χ2v) is 7.21. The second-order valence-electron chi connectivity index (χ2n) is 7.21. The molecule has 0 spiro atoms. The van der Waals surface area contributed by atoms with Crippen molar-refractivity contribution < 1.29 is 14.5 Å². The predicted octanol–water partition coefficient (Wildman–Crippen LogP) is 4.76. The highest BCUT2D eigenvalue weighted by atomic mass is 16.6. The molecule has 1 aromatic rings. The minimum atomic E-state index is -0.358. The number of ether oxygens (including phenoxy) is 1. The molecule has 0 aliphatic heterocycles. The van der Waals surface area contributed by atoms with Gasteiger partial charge in [0.1, 0.15) is 12.3 Å². The van der Waals surface area contributed by atoms with Crippen molar-refractivity contribution in [2.24, 2.45) is 0 Å². The molecule has 1 aromatic heterocycles. The van der Waals surface area contributed by atoms with Gasteiger partial charge in [0.05, 0.1) is 10.6 Å². The van der Waals surface area contributed by atoms with Gasteiger partial charge < -0.3 is 4.74 Å². The smallest absolute Gasteiger partial charge is 0.303 e. The van der Waals surface area contributed by atoms with E-state index in [1.54, 1.807) is 0 Å². The van der Waals surface area contributed by atoms with E-state index in [0.29, 0.717) is 12.8 Å². The average Bonchev–Trinajstić information content (AvgIpc) is 3.01. The Morgan fingerprint density at radius 1 is 1.16 bits per heavy atom. The maximum absolute atomic E-state index is 11.6. The first-order valence-corrected chi connectivity index (χ1v) is 9.41. The lowest BCUT2D eigenvalue weighted by Crippen LogP contribution is -2.11. The Kier molecular flexibility index (Phi) is 5.66. The summed E-state index contributed by atoms with van der Waals surface area (Å²) in [5.74, 6) is -0.117. The summed E-state index contributed by atoms with van der Waals surface area (Å²) in [5, 5.41) is 11.6. The number of nitrogens with zero attached hydrogens (tertiary/aromatic N) is 2. The molecule has 6 nitrogen and oxygen atoms in total. The van der Waals surface area contributed by atoms with Gasteiger partial charge in [-0.15, -0.1) is 0 Å². The molecule has 6 heteroatoms. The molecule has 1 unspecified atom stereocenters. The molecule has 25 heavy (non-hydrogen) atoms. The van der Waals surface area contributed by atoms with Crippen LogP contribution in [0.4, 0.5) is 5.69 Å². The molecule has 2 aliphatic rings. The number of carbonyl (C=O) groups is 1. The molecular weight excluding hydrogens is 320 g/mol. The topological polar surface area (TPSA) is 82.3 Å². The van der Waals surface area contributed by atoms with Gasteiger partial charge in [-0.05, 0) is 37.2 Å². The van der Waals surface area contributed by atoms with Crippen molar-refractivity contribution in [3.05, 3.63) is 33.1 Å². The van der Waals surface area contributed by atoms with Crippen molar-refractivity contribution >= 4 is 11.7 Å². The van der Waals surface area contributed by atoms with Gasteiger partial charge in [0.25, 0.3) is 5.69 Å². The number of esters is 1. The minimum Gasteiger partial charge on any atom is -0.456 e. The van der Waals surface area contributed by atoms with Crippen LogP contribution in [-0.2, 0) is 16.0 Å². The molecule has 0 radical (unpaired) electrons. The highest BCUT2D eigenvalue weighted by Crippen LogP contribution is 2.44. The van der Waals surface area contributed by atoms with Gasteiger partial charge in [-0.3, -0.25) is 14.9 Å². The first kappa shape index (κ1) is 17.8. The normalized spacial score (nSPS) is 21.7. The summed E-state index contributed by atoms with van der Waals surface area (Å²) in [6.45, 7) is 1.39. The highest BCUT2D eigenvalue weighted by Gasteiger charge is 2.35. The van der Waals surface area contributed by atoms with E-state index >= 15 is 0 Å².